The number of hydrogen-bond acceptors (Lipinski definition) is 4. The van der Waals surface area contributed by atoms with Gasteiger partial charge in [-0.2, -0.15) is 0 Å². The highest BCUT2D eigenvalue weighted by Crippen LogP contribution is 2.22. The Hall–Kier alpha value is -2.01. The molecule has 4 nitrogen and oxygen atoms in total. The molecule has 2 aromatic rings. The van der Waals surface area contributed by atoms with E-state index in [1.165, 1.54) is 12.1 Å². The molecule has 0 amide bonds. The lowest BCUT2D eigenvalue weighted by atomic mass is 10.1. The van der Waals surface area contributed by atoms with Gasteiger partial charge in [0, 0.05) is 24.8 Å². The van der Waals surface area contributed by atoms with E-state index in [4.69, 9.17) is 5.73 Å². The van der Waals surface area contributed by atoms with Gasteiger partial charge in [-0.25, -0.2) is 14.4 Å². The molecule has 0 fully saturated rings. The van der Waals surface area contributed by atoms with E-state index in [-0.39, 0.29) is 5.82 Å². The highest BCUT2D eigenvalue weighted by atomic mass is 19.1. The van der Waals surface area contributed by atoms with Crippen LogP contribution in [0.4, 0.5) is 10.3 Å². The number of nitrogens with one attached hydrogen (secondary N) is 1. The van der Waals surface area contributed by atoms with Crippen LogP contribution in [-0.2, 0) is 0 Å². The van der Waals surface area contributed by atoms with Crippen LogP contribution < -0.4 is 11.1 Å². The van der Waals surface area contributed by atoms with E-state index in [2.05, 4.69) is 15.3 Å². The predicted octanol–water partition coefficient (Wildman–Crippen LogP) is 1.96. The van der Waals surface area contributed by atoms with Crippen LogP contribution in [0.3, 0.4) is 0 Å². The molecule has 1 heterocycles. The first-order chi connectivity index (χ1) is 8.70. The van der Waals surface area contributed by atoms with Crippen molar-refractivity contribution in [3.05, 3.63) is 42.0 Å². The van der Waals surface area contributed by atoms with Gasteiger partial charge in [0.15, 0.2) is 0 Å². The van der Waals surface area contributed by atoms with Crippen LogP contribution in [0.15, 0.2) is 30.5 Å². The molecule has 18 heavy (non-hydrogen) atoms. The van der Waals surface area contributed by atoms with Crippen LogP contribution in [0.5, 0.6) is 0 Å². The van der Waals surface area contributed by atoms with Crippen molar-refractivity contribution in [2.24, 2.45) is 5.73 Å². The third-order valence-corrected chi connectivity index (χ3v) is 2.54. The number of aromatic nitrogens is 2. The maximum absolute atomic E-state index is 13.2. The van der Waals surface area contributed by atoms with Crippen LogP contribution in [0.2, 0.25) is 0 Å². The highest BCUT2D eigenvalue weighted by Gasteiger charge is 2.06. The van der Waals surface area contributed by atoms with Crippen molar-refractivity contribution in [1.82, 2.24) is 9.97 Å². The van der Waals surface area contributed by atoms with Crippen LogP contribution in [0.25, 0.3) is 11.1 Å². The minimum Gasteiger partial charge on any atom is -0.353 e. The molecule has 0 unspecified atom stereocenters. The van der Waals surface area contributed by atoms with Gasteiger partial charge in [0.2, 0.25) is 5.95 Å². The van der Waals surface area contributed by atoms with Crippen molar-refractivity contribution in [2.75, 3.05) is 18.4 Å². The standard InChI is InChI=1S/C13H15FN4/c1-9-12(10-3-2-4-11(14)7-10)8-17-13(18-9)16-6-5-15/h2-4,7-8H,5-6,15H2,1H3,(H,16,17,18). The summed E-state index contributed by atoms with van der Waals surface area (Å²) in [5.74, 6) is 0.273. The molecule has 2 rings (SSSR count). The molecular formula is C13H15FN4. The van der Waals surface area contributed by atoms with Gasteiger partial charge in [0.05, 0.1) is 5.69 Å². The van der Waals surface area contributed by atoms with E-state index >= 15 is 0 Å². The molecule has 0 atom stereocenters. The maximum atomic E-state index is 13.2. The average molecular weight is 246 g/mol. The summed E-state index contributed by atoms with van der Waals surface area (Å²) in [5, 5.41) is 3.00. The molecule has 0 spiro atoms. The Morgan fingerprint density at radius 2 is 2.22 bits per heavy atom. The van der Waals surface area contributed by atoms with E-state index in [1.807, 2.05) is 13.0 Å². The summed E-state index contributed by atoms with van der Waals surface area (Å²) in [6, 6.07) is 6.39. The normalized spacial score (nSPS) is 10.4. The Balaban J connectivity index is 2.29. The molecule has 94 valence electrons. The molecule has 1 aromatic carbocycles. The van der Waals surface area contributed by atoms with Crippen molar-refractivity contribution in [3.63, 3.8) is 0 Å². The van der Waals surface area contributed by atoms with Gasteiger partial charge in [-0.3, -0.25) is 0 Å². The van der Waals surface area contributed by atoms with E-state index in [1.54, 1.807) is 12.3 Å². The molecule has 0 saturated heterocycles. The van der Waals surface area contributed by atoms with E-state index in [9.17, 15) is 4.39 Å². The zero-order valence-electron chi connectivity index (χ0n) is 10.2. The molecule has 0 aliphatic rings. The number of halogens is 1. The Bertz CT molecular complexity index is 542. The summed E-state index contributed by atoms with van der Waals surface area (Å²) in [5.41, 5.74) is 7.80. The monoisotopic (exact) mass is 246 g/mol. The minimum atomic E-state index is -0.266. The lowest BCUT2D eigenvalue weighted by molar-refractivity contribution is 0.628. The fourth-order valence-electron chi connectivity index (χ4n) is 1.68. The Morgan fingerprint density at radius 3 is 2.89 bits per heavy atom. The van der Waals surface area contributed by atoms with Crippen LogP contribution in [0, 0.1) is 12.7 Å². The molecule has 0 aliphatic carbocycles. The summed E-state index contributed by atoms with van der Waals surface area (Å²) >= 11 is 0. The fourth-order valence-corrected chi connectivity index (χ4v) is 1.68. The van der Waals surface area contributed by atoms with Crippen molar-refractivity contribution < 1.29 is 4.39 Å². The quantitative estimate of drug-likeness (QED) is 0.865. The number of aryl methyl sites for hydroxylation is 1. The summed E-state index contributed by atoms with van der Waals surface area (Å²) in [6.45, 7) is 3.02. The van der Waals surface area contributed by atoms with Crippen molar-refractivity contribution in [1.29, 1.82) is 0 Å². The summed E-state index contributed by atoms with van der Waals surface area (Å²) in [6.07, 6.45) is 1.69. The number of anilines is 1. The van der Waals surface area contributed by atoms with Gasteiger partial charge in [0.25, 0.3) is 0 Å². The number of rotatable bonds is 4. The molecule has 1 aromatic heterocycles. The first kappa shape index (κ1) is 12.4. The molecule has 0 bridgehead atoms. The lowest BCUT2D eigenvalue weighted by Gasteiger charge is -2.08. The Morgan fingerprint density at radius 1 is 1.39 bits per heavy atom. The second-order valence-corrected chi connectivity index (χ2v) is 3.92. The SMILES string of the molecule is Cc1nc(NCCN)ncc1-c1cccc(F)c1. The zero-order valence-corrected chi connectivity index (χ0v) is 10.2. The van der Waals surface area contributed by atoms with Crippen LogP contribution >= 0.6 is 0 Å². The third-order valence-electron chi connectivity index (χ3n) is 2.54. The van der Waals surface area contributed by atoms with Crippen molar-refractivity contribution >= 4 is 5.95 Å². The van der Waals surface area contributed by atoms with E-state index in [0.29, 0.717) is 19.0 Å². The van der Waals surface area contributed by atoms with E-state index in [0.717, 1.165) is 16.8 Å². The number of benzene rings is 1. The van der Waals surface area contributed by atoms with Gasteiger partial charge in [-0.05, 0) is 24.6 Å². The van der Waals surface area contributed by atoms with Gasteiger partial charge >= 0.3 is 0 Å². The molecule has 0 aliphatic heterocycles. The summed E-state index contributed by atoms with van der Waals surface area (Å²) < 4.78 is 13.2. The first-order valence-electron chi connectivity index (χ1n) is 5.74. The predicted molar refractivity (Wildman–Crippen MR) is 69.7 cm³/mol. The molecule has 0 radical (unpaired) electrons. The van der Waals surface area contributed by atoms with Crippen LogP contribution in [0.1, 0.15) is 5.69 Å². The summed E-state index contributed by atoms with van der Waals surface area (Å²) in [4.78, 5) is 8.50. The molecular weight excluding hydrogens is 231 g/mol. The van der Waals surface area contributed by atoms with Crippen LogP contribution in [-0.4, -0.2) is 23.1 Å². The first-order valence-corrected chi connectivity index (χ1v) is 5.74. The minimum absolute atomic E-state index is 0.266. The average Bonchev–Trinajstić information content (AvgIpc) is 2.36. The highest BCUT2D eigenvalue weighted by molar-refractivity contribution is 5.65. The zero-order chi connectivity index (χ0) is 13.0. The van der Waals surface area contributed by atoms with Gasteiger partial charge in [-0.1, -0.05) is 12.1 Å². The second kappa shape index (κ2) is 5.55. The largest absolute Gasteiger partial charge is 0.353 e. The number of nitrogens with two attached hydrogens (primary N) is 1. The van der Waals surface area contributed by atoms with E-state index < -0.39 is 0 Å². The number of nitrogens with zero attached hydrogens (tertiary/aromatic N) is 2. The van der Waals surface area contributed by atoms with Gasteiger partial charge in [-0.15, -0.1) is 0 Å². The lowest BCUT2D eigenvalue weighted by Crippen LogP contribution is -2.15. The maximum Gasteiger partial charge on any atom is 0.222 e. The van der Waals surface area contributed by atoms with Gasteiger partial charge in [0.1, 0.15) is 5.82 Å². The third kappa shape index (κ3) is 2.81. The van der Waals surface area contributed by atoms with Crippen molar-refractivity contribution in [2.45, 2.75) is 6.92 Å². The van der Waals surface area contributed by atoms with Gasteiger partial charge < -0.3 is 11.1 Å². The fraction of sp³-hybridized carbons (Fsp3) is 0.231. The molecule has 0 saturated carbocycles. The smallest absolute Gasteiger partial charge is 0.222 e. The van der Waals surface area contributed by atoms with Crippen molar-refractivity contribution in [3.8, 4) is 11.1 Å². The topological polar surface area (TPSA) is 63.8 Å². The second-order valence-electron chi connectivity index (χ2n) is 3.92. The Labute approximate surface area is 105 Å². The number of hydrogen-bond donors (Lipinski definition) is 2. The molecule has 3 N–H and O–H groups in total. The summed E-state index contributed by atoms with van der Waals surface area (Å²) in [7, 11) is 0. The Kier molecular flexibility index (Phi) is 3.84. The molecule has 5 heteroatoms.